The van der Waals surface area contributed by atoms with Crippen molar-refractivity contribution in [3.05, 3.63) is 34.9 Å². The number of halogens is 6. The van der Waals surface area contributed by atoms with Gasteiger partial charge >= 0.3 is 0 Å². The summed E-state index contributed by atoms with van der Waals surface area (Å²) in [5, 5.41) is 22.5. The lowest BCUT2D eigenvalue weighted by Crippen LogP contribution is -2.21. The van der Waals surface area contributed by atoms with Crippen molar-refractivity contribution in [1.29, 1.82) is 16.2 Å². The van der Waals surface area contributed by atoms with Crippen LogP contribution < -0.4 is 0 Å². The summed E-state index contributed by atoms with van der Waals surface area (Å²) in [6.45, 7) is 1.51. The van der Waals surface area contributed by atoms with Gasteiger partial charge in [-0.1, -0.05) is 69.6 Å². The molecule has 0 aliphatic heterocycles. The van der Waals surface area contributed by atoms with E-state index in [-0.39, 0.29) is 25.7 Å². The van der Waals surface area contributed by atoms with Crippen molar-refractivity contribution in [2.45, 2.75) is 34.3 Å². The van der Waals surface area contributed by atoms with E-state index in [1.165, 1.54) is 6.92 Å². The lowest BCUT2D eigenvalue weighted by molar-refractivity contribution is 0.272. The molecule has 12 heteroatoms. The Bertz CT molecular complexity index is 667. The quantitative estimate of drug-likeness (QED) is 0.258. The van der Waals surface area contributed by atoms with Crippen molar-refractivity contribution in [2.75, 3.05) is 0 Å². The van der Waals surface area contributed by atoms with E-state index in [1.807, 2.05) is 0 Å². The molecular formula is C15H15Cl6N3O3. The first-order valence-electron chi connectivity index (χ1n) is 7.16. The van der Waals surface area contributed by atoms with Gasteiger partial charge < -0.3 is 14.2 Å². The fraction of sp³-hybridized carbons (Fsp3) is 0.400. The van der Waals surface area contributed by atoms with Crippen LogP contribution in [-0.2, 0) is 34.0 Å². The van der Waals surface area contributed by atoms with Crippen LogP contribution in [0.5, 0.6) is 0 Å². The maximum absolute atomic E-state index is 7.57. The summed E-state index contributed by atoms with van der Waals surface area (Å²) in [7, 11) is 0. The zero-order valence-corrected chi connectivity index (χ0v) is 18.4. The molecule has 0 unspecified atom stereocenters. The summed E-state index contributed by atoms with van der Waals surface area (Å²) in [6.07, 6.45) is 0. The van der Waals surface area contributed by atoms with Crippen LogP contribution in [0, 0.1) is 16.2 Å². The van der Waals surface area contributed by atoms with E-state index in [2.05, 4.69) is 0 Å². The predicted molar refractivity (Wildman–Crippen MR) is 110 cm³/mol. The van der Waals surface area contributed by atoms with E-state index in [1.54, 1.807) is 18.2 Å². The lowest BCUT2D eigenvalue weighted by Gasteiger charge is -2.16. The summed E-state index contributed by atoms with van der Waals surface area (Å²) >= 11 is 33.5. The van der Waals surface area contributed by atoms with E-state index in [0.29, 0.717) is 16.7 Å². The van der Waals surface area contributed by atoms with Gasteiger partial charge in [0.15, 0.2) is 5.90 Å². The van der Waals surface area contributed by atoms with Crippen molar-refractivity contribution in [2.24, 2.45) is 0 Å². The van der Waals surface area contributed by atoms with Crippen molar-refractivity contribution >= 4 is 87.3 Å². The van der Waals surface area contributed by atoms with Gasteiger partial charge in [-0.3, -0.25) is 16.2 Å². The Morgan fingerprint density at radius 3 is 1.26 bits per heavy atom. The Kier molecular flexibility index (Phi) is 9.25. The van der Waals surface area contributed by atoms with Crippen molar-refractivity contribution in [3.8, 4) is 0 Å². The number of rotatable bonds is 6. The third-order valence-electron chi connectivity index (χ3n) is 2.85. The number of ether oxygens (including phenoxy) is 3. The summed E-state index contributed by atoms with van der Waals surface area (Å²) in [5.41, 5.74) is 1.94. The molecule has 0 fully saturated rings. The molecule has 0 heterocycles. The summed E-state index contributed by atoms with van der Waals surface area (Å²) in [4.78, 5) is 0. The van der Waals surface area contributed by atoms with Gasteiger partial charge in [-0.15, -0.1) is 0 Å². The van der Waals surface area contributed by atoms with Gasteiger partial charge in [-0.2, -0.15) is 0 Å². The molecule has 0 radical (unpaired) electrons. The molecule has 0 saturated carbocycles. The summed E-state index contributed by atoms with van der Waals surface area (Å²) in [6, 6.07) is 5.16. The molecule has 1 rings (SSSR count). The average molecular weight is 498 g/mol. The molecule has 0 spiro atoms. The molecule has 1 aromatic carbocycles. The number of alkyl halides is 6. The standard InChI is InChI=1S/C15H15Cl6N3O3/c1-8(22)25-5-9-2-10(6-26-12(23)14(16,17)18)4-11(3-9)7-27-13(24)15(19,20)21/h2-4,22-24H,5-7H2,1H3. The Hall–Kier alpha value is -0.630. The molecule has 6 nitrogen and oxygen atoms in total. The smallest absolute Gasteiger partial charge is 0.265 e. The van der Waals surface area contributed by atoms with Gasteiger partial charge in [0.1, 0.15) is 19.8 Å². The van der Waals surface area contributed by atoms with E-state index < -0.39 is 19.4 Å². The Balaban J connectivity index is 2.94. The second-order valence-corrected chi connectivity index (χ2v) is 9.80. The van der Waals surface area contributed by atoms with Crippen LogP contribution in [0.3, 0.4) is 0 Å². The van der Waals surface area contributed by atoms with Crippen molar-refractivity contribution in [1.82, 2.24) is 0 Å². The average Bonchev–Trinajstić information content (AvgIpc) is 2.53. The zero-order valence-electron chi connectivity index (χ0n) is 13.8. The highest BCUT2D eigenvalue weighted by atomic mass is 35.6. The van der Waals surface area contributed by atoms with Gasteiger partial charge in [-0.25, -0.2) is 0 Å². The third-order valence-corrected chi connectivity index (χ3v) is 3.88. The van der Waals surface area contributed by atoms with Crippen LogP contribution in [0.25, 0.3) is 0 Å². The van der Waals surface area contributed by atoms with Crippen molar-refractivity contribution in [3.63, 3.8) is 0 Å². The maximum atomic E-state index is 7.57. The first-order chi connectivity index (χ1) is 12.3. The molecule has 0 saturated heterocycles. The van der Waals surface area contributed by atoms with E-state index in [0.717, 1.165) is 0 Å². The van der Waals surface area contributed by atoms with Crippen LogP contribution in [0.1, 0.15) is 23.6 Å². The van der Waals surface area contributed by atoms with E-state index in [4.69, 9.17) is 100 Å². The number of nitrogens with one attached hydrogen (secondary N) is 3. The minimum atomic E-state index is -1.97. The first kappa shape index (κ1) is 24.4. The maximum Gasteiger partial charge on any atom is 0.265 e. The van der Waals surface area contributed by atoms with Gasteiger partial charge in [0.05, 0.1) is 0 Å². The second-order valence-electron chi connectivity index (χ2n) is 5.23. The Morgan fingerprint density at radius 2 is 1.00 bits per heavy atom. The largest absolute Gasteiger partial charge is 0.477 e. The second kappa shape index (κ2) is 10.2. The summed E-state index contributed by atoms with van der Waals surface area (Å²) < 4.78 is 11.6. The van der Waals surface area contributed by atoms with E-state index in [9.17, 15) is 0 Å². The molecule has 0 aromatic heterocycles. The molecule has 0 aliphatic rings. The summed E-state index contributed by atoms with van der Waals surface area (Å²) in [5.74, 6) is -1.01. The highest BCUT2D eigenvalue weighted by molar-refractivity contribution is 6.76. The van der Waals surface area contributed by atoms with Gasteiger partial charge in [0.2, 0.25) is 11.8 Å². The number of hydrogen-bond acceptors (Lipinski definition) is 6. The highest BCUT2D eigenvalue weighted by Gasteiger charge is 2.29. The topological polar surface area (TPSA) is 99.2 Å². The number of benzene rings is 1. The van der Waals surface area contributed by atoms with Crippen molar-refractivity contribution < 1.29 is 14.2 Å². The van der Waals surface area contributed by atoms with Gasteiger partial charge in [0, 0.05) is 6.92 Å². The van der Waals surface area contributed by atoms with Crippen LogP contribution in [-0.4, -0.2) is 25.3 Å². The first-order valence-corrected chi connectivity index (χ1v) is 9.42. The Labute approximate surface area is 186 Å². The fourth-order valence-electron chi connectivity index (χ4n) is 1.76. The van der Waals surface area contributed by atoms with Crippen LogP contribution >= 0.6 is 69.6 Å². The molecule has 0 atom stereocenters. The zero-order chi connectivity index (χ0) is 20.8. The lowest BCUT2D eigenvalue weighted by atomic mass is 10.1. The SMILES string of the molecule is CC(=N)OCc1cc(COC(=N)C(Cl)(Cl)Cl)cc(COC(=N)C(Cl)(Cl)Cl)c1. The Morgan fingerprint density at radius 1 is 0.704 bits per heavy atom. The minimum Gasteiger partial charge on any atom is -0.477 e. The third kappa shape index (κ3) is 9.41. The highest BCUT2D eigenvalue weighted by Crippen LogP contribution is 2.29. The normalized spacial score (nSPS) is 11.7. The van der Waals surface area contributed by atoms with E-state index >= 15 is 0 Å². The molecule has 27 heavy (non-hydrogen) atoms. The molecule has 0 amide bonds. The predicted octanol–water partition coefficient (Wildman–Crippen LogP) is 5.93. The monoisotopic (exact) mass is 495 g/mol. The van der Waals surface area contributed by atoms with Crippen LogP contribution in [0.2, 0.25) is 0 Å². The van der Waals surface area contributed by atoms with Crippen LogP contribution in [0.4, 0.5) is 0 Å². The van der Waals surface area contributed by atoms with Crippen LogP contribution in [0.15, 0.2) is 18.2 Å². The molecule has 0 bridgehead atoms. The molecule has 3 N–H and O–H groups in total. The number of hydrogen-bond donors (Lipinski definition) is 3. The minimum absolute atomic E-state index is 0.0467. The molecule has 1 aromatic rings. The van der Waals surface area contributed by atoms with Gasteiger partial charge in [0.25, 0.3) is 7.59 Å². The molecular weight excluding hydrogens is 483 g/mol. The molecule has 150 valence electrons. The van der Waals surface area contributed by atoms with Gasteiger partial charge in [-0.05, 0) is 34.9 Å². The molecule has 0 aliphatic carbocycles. The fourth-order valence-corrected chi connectivity index (χ4v) is 2.08.